The van der Waals surface area contributed by atoms with E-state index in [0.29, 0.717) is 17.9 Å². The number of hydrogen-bond acceptors (Lipinski definition) is 5. The molecule has 0 aliphatic heterocycles. The van der Waals surface area contributed by atoms with Crippen LogP contribution in [0.3, 0.4) is 0 Å². The third kappa shape index (κ3) is 4.61. The molecule has 0 atom stereocenters. The van der Waals surface area contributed by atoms with Crippen molar-refractivity contribution in [2.24, 2.45) is 0 Å². The van der Waals surface area contributed by atoms with Crippen molar-refractivity contribution in [1.82, 2.24) is 0 Å². The molecule has 0 aliphatic rings. The quantitative estimate of drug-likeness (QED) is 0.543. The van der Waals surface area contributed by atoms with Gasteiger partial charge in [0.05, 0.1) is 11.5 Å². The largest absolute Gasteiger partial charge is 0.482 e. The van der Waals surface area contributed by atoms with Crippen molar-refractivity contribution in [1.29, 1.82) is 0 Å². The van der Waals surface area contributed by atoms with Crippen molar-refractivity contribution in [3.05, 3.63) is 69.8 Å². The highest BCUT2D eigenvalue weighted by atomic mass is 16.6. The van der Waals surface area contributed by atoms with Crippen molar-refractivity contribution >= 4 is 17.5 Å². The maximum absolute atomic E-state index is 11.0. The molecule has 6 nitrogen and oxygen atoms in total. The van der Waals surface area contributed by atoms with Crippen molar-refractivity contribution in [2.75, 3.05) is 18.5 Å². The number of nitro groups is 1. The summed E-state index contributed by atoms with van der Waals surface area (Å²) in [7, 11) is 0. The van der Waals surface area contributed by atoms with Gasteiger partial charge in [-0.2, -0.15) is 0 Å². The van der Waals surface area contributed by atoms with Gasteiger partial charge in [0.2, 0.25) is 0 Å². The Hall–Kier alpha value is -2.86. The van der Waals surface area contributed by atoms with E-state index >= 15 is 0 Å². The number of nitrogens with one attached hydrogen (secondary N) is 1. The van der Waals surface area contributed by atoms with Crippen LogP contribution in [0.5, 0.6) is 5.75 Å². The SMILES string of the molecule is C/C=C\c1cc([N+](=O)[O-])ccc1OC(C)(C)c1ccccc1NCCO. The van der Waals surface area contributed by atoms with Crippen LogP contribution < -0.4 is 10.1 Å². The summed E-state index contributed by atoms with van der Waals surface area (Å²) in [6, 6.07) is 12.3. The molecule has 2 rings (SSSR count). The van der Waals surface area contributed by atoms with E-state index in [1.165, 1.54) is 12.1 Å². The molecule has 0 spiro atoms. The van der Waals surface area contributed by atoms with Gasteiger partial charge in [0.1, 0.15) is 11.4 Å². The highest BCUT2D eigenvalue weighted by molar-refractivity contribution is 5.61. The normalized spacial score (nSPS) is 11.5. The van der Waals surface area contributed by atoms with E-state index < -0.39 is 10.5 Å². The molecular weight excluding hydrogens is 332 g/mol. The Morgan fingerprint density at radius 1 is 1.27 bits per heavy atom. The molecule has 0 fully saturated rings. The van der Waals surface area contributed by atoms with E-state index in [9.17, 15) is 10.1 Å². The Kier molecular flexibility index (Phi) is 6.36. The van der Waals surface area contributed by atoms with Gasteiger partial charge in [0, 0.05) is 35.5 Å². The fourth-order valence-corrected chi connectivity index (χ4v) is 2.73. The van der Waals surface area contributed by atoms with Crippen molar-refractivity contribution in [2.45, 2.75) is 26.4 Å². The predicted octanol–water partition coefficient (Wildman–Crippen LogP) is 4.35. The smallest absolute Gasteiger partial charge is 0.270 e. The van der Waals surface area contributed by atoms with Crippen LogP contribution in [-0.2, 0) is 5.60 Å². The molecule has 2 aromatic rings. The standard InChI is InChI=1S/C20H24N2O4/c1-4-7-15-14-16(22(24)25)10-11-19(15)26-20(2,3)17-8-5-6-9-18(17)21-12-13-23/h4-11,14,21,23H,12-13H2,1-3H3/b7-4-. The zero-order valence-corrected chi connectivity index (χ0v) is 15.2. The molecule has 0 saturated carbocycles. The molecule has 6 heteroatoms. The first-order valence-corrected chi connectivity index (χ1v) is 8.43. The predicted molar refractivity (Wildman–Crippen MR) is 103 cm³/mol. The second kappa shape index (κ2) is 8.49. The summed E-state index contributed by atoms with van der Waals surface area (Å²) in [6.07, 6.45) is 3.60. The summed E-state index contributed by atoms with van der Waals surface area (Å²) in [5.41, 5.74) is 1.79. The lowest BCUT2D eigenvalue weighted by molar-refractivity contribution is -0.384. The number of aliphatic hydroxyl groups is 1. The van der Waals surface area contributed by atoms with Crippen molar-refractivity contribution in [3.63, 3.8) is 0 Å². The van der Waals surface area contributed by atoms with Gasteiger partial charge in [-0.1, -0.05) is 30.4 Å². The summed E-state index contributed by atoms with van der Waals surface area (Å²) in [5, 5.41) is 23.3. The highest BCUT2D eigenvalue weighted by Crippen LogP contribution is 2.35. The first kappa shape index (κ1) is 19.5. The molecule has 2 aromatic carbocycles. The van der Waals surface area contributed by atoms with Crippen LogP contribution in [0.25, 0.3) is 6.08 Å². The molecule has 0 unspecified atom stereocenters. The number of anilines is 1. The molecule has 0 bridgehead atoms. The second-order valence-corrected chi connectivity index (χ2v) is 6.29. The second-order valence-electron chi connectivity index (χ2n) is 6.29. The molecule has 138 valence electrons. The number of nitro benzene ring substituents is 1. The van der Waals surface area contributed by atoms with Crippen molar-refractivity contribution < 1.29 is 14.8 Å². The van der Waals surface area contributed by atoms with Gasteiger partial charge in [0.15, 0.2) is 0 Å². The summed E-state index contributed by atoms with van der Waals surface area (Å²) >= 11 is 0. The zero-order valence-electron chi connectivity index (χ0n) is 15.2. The van der Waals surface area contributed by atoms with Crippen LogP contribution >= 0.6 is 0 Å². The number of para-hydroxylation sites is 1. The minimum absolute atomic E-state index is 0.0215. The maximum Gasteiger partial charge on any atom is 0.270 e. The van der Waals surface area contributed by atoms with Gasteiger partial charge in [-0.25, -0.2) is 0 Å². The zero-order chi connectivity index (χ0) is 19.2. The van der Waals surface area contributed by atoms with Crippen LogP contribution in [0.2, 0.25) is 0 Å². The number of rotatable bonds is 8. The third-order valence-electron chi connectivity index (χ3n) is 3.92. The lowest BCUT2D eigenvalue weighted by atomic mass is 9.95. The number of hydrogen-bond donors (Lipinski definition) is 2. The number of benzene rings is 2. The van der Waals surface area contributed by atoms with Crippen LogP contribution in [0.4, 0.5) is 11.4 Å². The van der Waals surface area contributed by atoms with E-state index in [-0.39, 0.29) is 12.3 Å². The van der Waals surface area contributed by atoms with Gasteiger partial charge >= 0.3 is 0 Å². The summed E-state index contributed by atoms with van der Waals surface area (Å²) < 4.78 is 6.25. The van der Waals surface area contributed by atoms with E-state index in [1.54, 1.807) is 12.1 Å². The van der Waals surface area contributed by atoms with Gasteiger partial charge in [-0.15, -0.1) is 0 Å². The summed E-state index contributed by atoms with van der Waals surface area (Å²) in [6.45, 7) is 6.19. The fourth-order valence-electron chi connectivity index (χ4n) is 2.73. The molecule has 0 heterocycles. The fraction of sp³-hybridized carbons (Fsp3) is 0.300. The minimum Gasteiger partial charge on any atom is -0.482 e. The number of ether oxygens (including phenoxy) is 1. The van der Waals surface area contributed by atoms with Gasteiger partial charge in [0.25, 0.3) is 5.69 Å². The highest BCUT2D eigenvalue weighted by Gasteiger charge is 2.27. The average molecular weight is 356 g/mol. The molecule has 0 radical (unpaired) electrons. The lowest BCUT2D eigenvalue weighted by Crippen LogP contribution is -2.27. The van der Waals surface area contributed by atoms with Crippen LogP contribution in [0.15, 0.2) is 48.5 Å². The Balaban J connectivity index is 2.39. The Morgan fingerprint density at radius 3 is 2.65 bits per heavy atom. The molecule has 0 saturated heterocycles. The summed E-state index contributed by atoms with van der Waals surface area (Å²) in [4.78, 5) is 10.6. The Labute approximate surface area is 153 Å². The Bertz CT molecular complexity index is 800. The van der Waals surface area contributed by atoms with Gasteiger partial charge in [-0.05, 0) is 32.9 Å². The van der Waals surface area contributed by atoms with E-state index in [0.717, 1.165) is 11.3 Å². The monoisotopic (exact) mass is 356 g/mol. The number of non-ortho nitro benzene ring substituents is 1. The van der Waals surface area contributed by atoms with Crippen LogP contribution in [-0.4, -0.2) is 23.2 Å². The third-order valence-corrected chi connectivity index (χ3v) is 3.92. The number of aliphatic hydroxyl groups excluding tert-OH is 1. The molecule has 0 aromatic heterocycles. The minimum atomic E-state index is -0.689. The number of nitrogens with zero attached hydrogens (tertiary/aromatic N) is 1. The van der Waals surface area contributed by atoms with Gasteiger partial charge in [-0.3, -0.25) is 10.1 Å². The summed E-state index contributed by atoms with van der Waals surface area (Å²) in [5.74, 6) is 0.565. The Morgan fingerprint density at radius 2 is 2.00 bits per heavy atom. The van der Waals surface area contributed by atoms with E-state index in [1.807, 2.05) is 51.1 Å². The van der Waals surface area contributed by atoms with Gasteiger partial charge < -0.3 is 15.2 Å². The average Bonchev–Trinajstić information content (AvgIpc) is 2.61. The lowest BCUT2D eigenvalue weighted by Gasteiger charge is -2.30. The molecule has 26 heavy (non-hydrogen) atoms. The first-order valence-electron chi connectivity index (χ1n) is 8.43. The number of allylic oxidation sites excluding steroid dienone is 1. The molecule has 2 N–H and O–H groups in total. The van der Waals surface area contributed by atoms with Crippen LogP contribution in [0.1, 0.15) is 31.9 Å². The maximum atomic E-state index is 11.0. The van der Waals surface area contributed by atoms with Crippen molar-refractivity contribution in [3.8, 4) is 5.75 Å². The topological polar surface area (TPSA) is 84.6 Å². The molecular formula is C20H24N2O4. The first-order chi connectivity index (χ1) is 12.4. The van der Waals surface area contributed by atoms with E-state index in [4.69, 9.17) is 9.84 Å². The molecule has 0 amide bonds. The van der Waals surface area contributed by atoms with E-state index in [2.05, 4.69) is 5.32 Å². The molecule has 0 aliphatic carbocycles. The van der Waals surface area contributed by atoms with Crippen LogP contribution in [0, 0.1) is 10.1 Å².